The highest BCUT2D eigenvalue weighted by molar-refractivity contribution is 6.30. The zero-order chi connectivity index (χ0) is 17.8. The number of nitrogens with one attached hydrogen (secondary N) is 1. The number of aromatic nitrogens is 1. The van der Waals surface area contributed by atoms with Crippen molar-refractivity contribution in [1.82, 2.24) is 15.2 Å². The second-order valence-electron chi connectivity index (χ2n) is 6.33. The number of hydrogen-bond donors (Lipinski definition) is 1. The molecule has 1 saturated heterocycles. The number of carbonyl (C=O) groups excluding carboxylic acids is 1. The van der Waals surface area contributed by atoms with Crippen molar-refractivity contribution in [2.45, 2.75) is 19.9 Å². The molecule has 5 nitrogen and oxygen atoms in total. The summed E-state index contributed by atoms with van der Waals surface area (Å²) in [6.45, 7) is 6.88. The Morgan fingerprint density at radius 1 is 1.16 bits per heavy atom. The highest BCUT2D eigenvalue weighted by atomic mass is 35.5. The van der Waals surface area contributed by atoms with Crippen LogP contribution in [0.1, 0.15) is 24.4 Å². The Hall–Kier alpha value is -2.27. The van der Waals surface area contributed by atoms with Crippen molar-refractivity contribution >= 4 is 23.3 Å². The average Bonchev–Trinajstić information content (AvgIpc) is 2.62. The third-order valence-electron chi connectivity index (χ3n) is 4.43. The van der Waals surface area contributed by atoms with Crippen LogP contribution < -0.4 is 10.2 Å². The molecule has 1 aliphatic rings. The molecule has 1 fully saturated rings. The zero-order valence-corrected chi connectivity index (χ0v) is 15.3. The van der Waals surface area contributed by atoms with E-state index in [1.807, 2.05) is 61.2 Å². The van der Waals surface area contributed by atoms with Crippen molar-refractivity contribution in [3.63, 3.8) is 0 Å². The highest BCUT2D eigenvalue weighted by Gasteiger charge is 2.23. The normalized spacial score (nSPS) is 15.8. The molecule has 1 N–H and O–H groups in total. The van der Waals surface area contributed by atoms with Gasteiger partial charge in [0, 0.05) is 42.6 Å². The van der Waals surface area contributed by atoms with Gasteiger partial charge in [0.1, 0.15) is 0 Å². The van der Waals surface area contributed by atoms with Gasteiger partial charge in [-0.3, -0.25) is 4.98 Å². The smallest absolute Gasteiger partial charge is 0.318 e. The lowest BCUT2D eigenvalue weighted by Crippen LogP contribution is -2.52. The van der Waals surface area contributed by atoms with Crippen molar-refractivity contribution in [1.29, 1.82) is 0 Å². The van der Waals surface area contributed by atoms with Crippen molar-refractivity contribution in [2.24, 2.45) is 0 Å². The molecular weight excluding hydrogens is 336 g/mol. The fourth-order valence-corrected chi connectivity index (χ4v) is 3.18. The van der Waals surface area contributed by atoms with E-state index in [-0.39, 0.29) is 12.1 Å². The van der Waals surface area contributed by atoms with Crippen LogP contribution in [0.4, 0.5) is 10.5 Å². The number of benzene rings is 1. The molecule has 25 heavy (non-hydrogen) atoms. The Kier molecular flexibility index (Phi) is 5.43. The van der Waals surface area contributed by atoms with E-state index >= 15 is 0 Å². The predicted octanol–water partition coefficient (Wildman–Crippen LogP) is 3.64. The summed E-state index contributed by atoms with van der Waals surface area (Å²) >= 11 is 6.06. The summed E-state index contributed by atoms with van der Waals surface area (Å²) in [5.41, 5.74) is 2.93. The number of urea groups is 1. The Morgan fingerprint density at radius 3 is 2.56 bits per heavy atom. The van der Waals surface area contributed by atoms with E-state index in [4.69, 9.17) is 11.6 Å². The van der Waals surface area contributed by atoms with Gasteiger partial charge in [-0.2, -0.15) is 0 Å². The molecule has 1 aliphatic heterocycles. The van der Waals surface area contributed by atoms with E-state index in [2.05, 4.69) is 15.2 Å². The predicted molar refractivity (Wildman–Crippen MR) is 101 cm³/mol. The molecule has 2 heterocycles. The van der Waals surface area contributed by atoms with Crippen LogP contribution in [0.15, 0.2) is 42.5 Å². The molecular formula is C19H23ClN4O. The fraction of sp³-hybridized carbons (Fsp3) is 0.368. The van der Waals surface area contributed by atoms with Gasteiger partial charge >= 0.3 is 6.03 Å². The van der Waals surface area contributed by atoms with Gasteiger partial charge in [0.2, 0.25) is 0 Å². The topological polar surface area (TPSA) is 48.5 Å². The molecule has 0 bridgehead atoms. The van der Waals surface area contributed by atoms with E-state index in [1.165, 1.54) is 0 Å². The summed E-state index contributed by atoms with van der Waals surface area (Å²) in [5, 5.41) is 3.78. The first kappa shape index (κ1) is 17.5. The second-order valence-corrected chi connectivity index (χ2v) is 6.77. The fourth-order valence-electron chi connectivity index (χ4n) is 3.00. The van der Waals surface area contributed by atoms with Gasteiger partial charge in [0.25, 0.3) is 0 Å². The minimum atomic E-state index is -0.113. The standard InChI is InChI=1S/C19H23ClN4O/c1-14-5-3-8-18(21-14)15(2)22-19(25)24-11-9-23(10-12-24)17-7-4-6-16(20)13-17/h3-8,13,15H,9-12H2,1-2H3,(H,22,25)/t15-/m0/s1. The first-order chi connectivity index (χ1) is 12.0. The minimum absolute atomic E-state index is 0.0402. The number of carbonyl (C=O) groups is 1. The average molecular weight is 359 g/mol. The van der Waals surface area contributed by atoms with Gasteiger partial charge in [0.05, 0.1) is 11.7 Å². The van der Waals surface area contributed by atoms with Crippen LogP contribution in [0.3, 0.4) is 0 Å². The number of hydrogen-bond acceptors (Lipinski definition) is 3. The number of halogens is 1. The lowest BCUT2D eigenvalue weighted by Gasteiger charge is -2.36. The summed E-state index contributed by atoms with van der Waals surface area (Å²) in [6.07, 6.45) is 0. The Labute approximate surface area is 153 Å². The molecule has 0 spiro atoms. The number of rotatable bonds is 3. The van der Waals surface area contributed by atoms with Gasteiger partial charge < -0.3 is 15.1 Å². The third-order valence-corrected chi connectivity index (χ3v) is 4.67. The van der Waals surface area contributed by atoms with Crippen molar-refractivity contribution in [3.8, 4) is 0 Å². The van der Waals surface area contributed by atoms with E-state index in [0.717, 1.165) is 35.2 Å². The maximum absolute atomic E-state index is 12.5. The Balaban J connectivity index is 1.54. The largest absolute Gasteiger partial charge is 0.368 e. The van der Waals surface area contributed by atoms with Crippen LogP contribution in [-0.4, -0.2) is 42.1 Å². The van der Waals surface area contributed by atoms with Crippen LogP contribution in [0, 0.1) is 6.92 Å². The molecule has 1 atom stereocenters. The number of aryl methyl sites for hydroxylation is 1. The summed E-state index contributed by atoms with van der Waals surface area (Å²) < 4.78 is 0. The van der Waals surface area contributed by atoms with E-state index in [0.29, 0.717) is 13.1 Å². The van der Waals surface area contributed by atoms with Gasteiger partial charge in [-0.1, -0.05) is 23.7 Å². The number of pyridine rings is 1. The van der Waals surface area contributed by atoms with Crippen molar-refractivity contribution in [2.75, 3.05) is 31.1 Å². The number of piperazine rings is 1. The first-order valence-electron chi connectivity index (χ1n) is 8.52. The molecule has 0 unspecified atom stereocenters. The van der Waals surface area contributed by atoms with E-state index in [1.54, 1.807) is 0 Å². The van der Waals surface area contributed by atoms with E-state index in [9.17, 15) is 4.79 Å². The van der Waals surface area contributed by atoms with Gasteiger partial charge in [-0.15, -0.1) is 0 Å². The molecule has 0 aliphatic carbocycles. The van der Waals surface area contributed by atoms with Crippen LogP contribution >= 0.6 is 11.6 Å². The molecule has 1 aromatic carbocycles. The summed E-state index contributed by atoms with van der Waals surface area (Å²) in [7, 11) is 0. The summed E-state index contributed by atoms with van der Waals surface area (Å²) in [4.78, 5) is 21.1. The Bertz CT molecular complexity index is 744. The second kappa shape index (κ2) is 7.74. The first-order valence-corrected chi connectivity index (χ1v) is 8.90. The molecule has 1 aromatic heterocycles. The van der Waals surface area contributed by atoms with Gasteiger partial charge in [-0.05, 0) is 44.2 Å². The molecule has 6 heteroatoms. The maximum Gasteiger partial charge on any atom is 0.318 e. The Morgan fingerprint density at radius 2 is 1.88 bits per heavy atom. The lowest BCUT2D eigenvalue weighted by atomic mass is 10.2. The van der Waals surface area contributed by atoms with Crippen LogP contribution in [-0.2, 0) is 0 Å². The van der Waals surface area contributed by atoms with Crippen LogP contribution in [0.25, 0.3) is 0 Å². The molecule has 132 valence electrons. The minimum Gasteiger partial charge on any atom is -0.368 e. The monoisotopic (exact) mass is 358 g/mol. The maximum atomic E-state index is 12.5. The molecule has 0 saturated carbocycles. The highest BCUT2D eigenvalue weighted by Crippen LogP contribution is 2.21. The lowest BCUT2D eigenvalue weighted by molar-refractivity contribution is 0.191. The van der Waals surface area contributed by atoms with Gasteiger partial charge in [-0.25, -0.2) is 4.79 Å². The molecule has 2 amide bonds. The number of amides is 2. The SMILES string of the molecule is Cc1cccc([C@H](C)NC(=O)N2CCN(c3cccc(Cl)c3)CC2)n1. The molecule has 0 radical (unpaired) electrons. The molecule has 2 aromatic rings. The van der Waals surface area contributed by atoms with Crippen molar-refractivity contribution < 1.29 is 4.79 Å². The van der Waals surface area contributed by atoms with Crippen molar-refractivity contribution in [3.05, 3.63) is 58.9 Å². The third kappa shape index (κ3) is 4.42. The van der Waals surface area contributed by atoms with Crippen LogP contribution in [0.2, 0.25) is 5.02 Å². The quantitative estimate of drug-likeness (QED) is 0.911. The van der Waals surface area contributed by atoms with Gasteiger partial charge in [0.15, 0.2) is 0 Å². The summed E-state index contributed by atoms with van der Waals surface area (Å²) in [5.74, 6) is 0. The molecule has 3 rings (SSSR count). The number of nitrogens with zero attached hydrogens (tertiary/aromatic N) is 3. The number of anilines is 1. The van der Waals surface area contributed by atoms with E-state index < -0.39 is 0 Å². The van der Waals surface area contributed by atoms with Crippen LogP contribution in [0.5, 0.6) is 0 Å². The summed E-state index contributed by atoms with van der Waals surface area (Å²) in [6, 6.07) is 13.5. The zero-order valence-electron chi connectivity index (χ0n) is 14.6.